The number of carbonyl (C=O) groups is 1. The molecule has 1 saturated heterocycles. The molecule has 0 aliphatic carbocycles. The van der Waals surface area contributed by atoms with Gasteiger partial charge < -0.3 is 4.90 Å². The minimum absolute atomic E-state index is 0.0199. The summed E-state index contributed by atoms with van der Waals surface area (Å²) < 4.78 is 0. The van der Waals surface area contributed by atoms with Gasteiger partial charge >= 0.3 is 6.03 Å². The first kappa shape index (κ1) is 11.8. The Morgan fingerprint density at radius 3 is 2.47 bits per heavy atom. The van der Waals surface area contributed by atoms with E-state index in [1.54, 1.807) is 22.2 Å². The second kappa shape index (κ2) is 3.98. The standard InChI is InChI=1S/C12H18N4O/c1-5-9-6-14-10(7-13-9)16-8-12(2,3)15(4)11(16)17/h6-7H,5,8H2,1-4H3. The topological polar surface area (TPSA) is 49.3 Å². The van der Waals surface area contributed by atoms with E-state index < -0.39 is 0 Å². The van der Waals surface area contributed by atoms with Crippen molar-refractivity contribution in [2.75, 3.05) is 18.5 Å². The molecule has 0 bridgehead atoms. The lowest BCUT2D eigenvalue weighted by Gasteiger charge is -2.24. The third-order valence-electron chi connectivity index (χ3n) is 3.30. The van der Waals surface area contributed by atoms with E-state index in [1.807, 2.05) is 27.8 Å². The van der Waals surface area contributed by atoms with Crippen molar-refractivity contribution < 1.29 is 4.79 Å². The van der Waals surface area contributed by atoms with Gasteiger partial charge in [-0.2, -0.15) is 0 Å². The van der Waals surface area contributed by atoms with E-state index in [4.69, 9.17) is 0 Å². The first-order chi connectivity index (χ1) is 7.95. The van der Waals surface area contributed by atoms with E-state index in [2.05, 4.69) is 9.97 Å². The fourth-order valence-corrected chi connectivity index (χ4v) is 1.85. The molecule has 1 aromatic heterocycles. The second-order valence-corrected chi connectivity index (χ2v) is 4.96. The third-order valence-corrected chi connectivity index (χ3v) is 3.30. The van der Waals surface area contributed by atoms with Crippen LogP contribution in [-0.2, 0) is 6.42 Å². The molecule has 0 radical (unpaired) electrons. The van der Waals surface area contributed by atoms with Gasteiger partial charge in [-0.3, -0.25) is 9.88 Å². The summed E-state index contributed by atoms with van der Waals surface area (Å²) in [5, 5.41) is 0. The van der Waals surface area contributed by atoms with Gasteiger partial charge in [0.05, 0.1) is 30.2 Å². The van der Waals surface area contributed by atoms with Crippen LogP contribution in [0.2, 0.25) is 0 Å². The summed E-state index contributed by atoms with van der Waals surface area (Å²) in [5.74, 6) is 0.629. The predicted molar refractivity (Wildman–Crippen MR) is 66.0 cm³/mol. The predicted octanol–water partition coefficient (Wildman–Crippen LogP) is 1.69. The highest BCUT2D eigenvalue weighted by atomic mass is 16.2. The van der Waals surface area contributed by atoms with Gasteiger partial charge in [-0.05, 0) is 20.3 Å². The number of aryl methyl sites for hydroxylation is 1. The molecule has 0 spiro atoms. The molecular weight excluding hydrogens is 216 g/mol. The highest BCUT2D eigenvalue weighted by Crippen LogP contribution is 2.27. The molecule has 0 atom stereocenters. The minimum Gasteiger partial charge on any atom is -0.320 e. The monoisotopic (exact) mass is 234 g/mol. The number of nitrogens with zero attached hydrogens (tertiary/aromatic N) is 4. The van der Waals surface area contributed by atoms with Crippen LogP contribution in [0.1, 0.15) is 26.5 Å². The molecule has 0 unspecified atom stereocenters. The molecule has 5 heteroatoms. The molecule has 2 heterocycles. The van der Waals surface area contributed by atoms with Crippen molar-refractivity contribution >= 4 is 11.8 Å². The fourth-order valence-electron chi connectivity index (χ4n) is 1.85. The van der Waals surface area contributed by atoms with Crippen molar-refractivity contribution in [1.82, 2.24) is 14.9 Å². The Morgan fingerprint density at radius 2 is 2.06 bits per heavy atom. The number of urea groups is 1. The van der Waals surface area contributed by atoms with Crippen LogP contribution in [0, 0.1) is 0 Å². The van der Waals surface area contributed by atoms with Crippen LogP contribution >= 0.6 is 0 Å². The van der Waals surface area contributed by atoms with E-state index >= 15 is 0 Å². The van der Waals surface area contributed by atoms with Crippen molar-refractivity contribution in [3.63, 3.8) is 0 Å². The Kier molecular flexibility index (Phi) is 2.77. The van der Waals surface area contributed by atoms with Gasteiger partial charge in [0.15, 0.2) is 5.82 Å². The van der Waals surface area contributed by atoms with E-state index in [0.29, 0.717) is 12.4 Å². The summed E-state index contributed by atoms with van der Waals surface area (Å²) in [4.78, 5) is 24.0. The summed E-state index contributed by atoms with van der Waals surface area (Å²) in [6, 6.07) is -0.0199. The molecule has 92 valence electrons. The summed E-state index contributed by atoms with van der Waals surface area (Å²) in [7, 11) is 1.82. The number of aromatic nitrogens is 2. The van der Waals surface area contributed by atoms with Crippen LogP contribution in [0.15, 0.2) is 12.4 Å². The quantitative estimate of drug-likeness (QED) is 0.782. The summed E-state index contributed by atoms with van der Waals surface area (Å²) >= 11 is 0. The lowest BCUT2D eigenvalue weighted by molar-refractivity contribution is 0.198. The first-order valence-electron chi connectivity index (χ1n) is 5.82. The molecule has 0 saturated carbocycles. The average molecular weight is 234 g/mol. The van der Waals surface area contributed by atoms with Gasteiger partial charge in [0.25, 0.3) is 0 Å². The van der Waals surface area contributed by atoms with Crippen LogP contribution in [-0.4, -0.2) is 40.0 Å². The number of rotatable bonds is 2. The maximum Gasteiger partial charge on any atom is 0.326 e. The lowest BCUT2D eigenvalue weighted by atomic mass is 10.1. The molecule has 0 aromatic carbocycles. The molecule has 1 aliphatic rings. The number of anilines is 1. The molecule has 5 nitrogen and oxygen atoms in total. The Bertz CT molecular complexity index is 427. The second-order valence-electron chi connectivity index (χ2n) is 4.96. The van der Waals surface area contributed by atoms with Crippen LogP contribution in [0.4, 0.5) is 10.6 Å². The summed E-state index contributed by atoms with van der Waals surface area (Å²) in [5.41, 5.74) is 0.773. The van der Waals surface area contributed by atoms with Crippen molar-refractivity contribution in [3.8, 4) is 0 Å². The summed E-state index contributed by atoms with van der Waals surface area (Å²) in [6.07, 6.45) is 4.26. The lowest BCUT2D eigenvalue weighted by Crippen LogP contribution is -2.38. The number of amides is 2. The Morgan fingerprint density at radius 1 is 1.35 bits per heavy atom. The van der Waals surface area contributed by atoms with Crippen LogP contribution in [0.5, 0.6) is 0 Å². The van der Waals surface area contributed by atoms with E-state index in [0.717, 1.165) is 12.1 Å². The van der Waals surface area contributed by atoms with E-state index in [-0.39, 0.29) is 11.6 Å². The van der Waals surface area contributed by atoms with Crippen molar-refractivity contribution in [3.05, 3.63) is 18.1 Å². The molecule has 2 rings (SSSR count). The highest BCUT2D eigenvalue weighted by Gasteiger charge is 2.41. The zero-order chi connectivity index (χ0) is 12.6. The van der Waals surface area contributed by atoms with Gasteiger partial charge in [0.1, 0.15) is 0 Å². The van der Waals surface area contributed by atoms with Crippen LogP contribution in [0.25, 0.3) is 0 Å². The molecule has 0 N–H and O–H groups in total. The number of hydrogen-bond acceptors (Lipinski definition) is 3. The van der Waals surface area contributed by atoms with Gasteiger partial charge in [0.2, 0.25) is 0 Å². The van der Waals surface area contributed by atoms with Gasteiger partial charge in [-0.25, -0.2) is 9.78 Å². The Labute approximate surface area is 101 Å². The van der Waals surface area contributed by atoms with E-state index in [1.165, 1.54) is 0 Å². The van der Waals surface area contributed by atoms with Gasteiger partial charge in [0, 0.05) is 7.05 Å². The average Bonchev–Trinajstić information content (AvgIpc) is 2.53. The highest BCUT2D eigenvalue weighted by molar-refractivity contribution is 5.93. The van der Waals surface area contributed by atoms with Crippen LogP contribution in [0.3, 0.4) is 0 Å². The maximum atomic E-state index is 12.1. The molecule has 1 fully saturated rings. The Hall–Kier alpha value is -1.65. The normalized spacial score (nSPS) is 18.9. The van der Waals surface area contributed by atoms with Crippen molar-refractivity contribution in [1.29, 1.82) is 0 Å². The number of carbonyl (C=O) groups excluding carboxylic acids is 1. The third kappa shape index (κ3) is 1.97. The molecule has 2 amide bonds. The largest absolute Gasteiger partial charge is 0.326 e. The maximum absolute atomic E-state index is 12.1. The number of likely N-dealkylation sites (N-methyl/N-ethyl adjacent to an activating group) is 1. The minimum atomic E-state index is -0.164. The molecular formula is C12H18N4O. The summed E-state index contributed by atoms with van der Waals surface area (Å²) in [6.45, 7) is 6.75. The fraction of sp³-hybridized carbons (Fsp3) is 0.583. The SMILES string of the molecule is CCc1cnc(N2CC(C)(C)N(C)C2=O)cn1. The first-order valence-corrected chi connectivity index (χ1v) is 5.82. The van der Waals surface area contributed by atoms with Crippen LogP contribution < -0.4 is 4.90 Å². The van der Waals surface area contributed by atoms with Crippen molar-refractivity contribution in [2.45, 2.75) is 32.7 Å². The Balaban J connectivity index is 2.26. The smallest absolute Gasteiger partial charge is 0.320 e. The van der Waals surface area contributed by atoms with Gasteiger partial charge in [-0.1, -0.05) is 6.92 Å². The number of hydrogen-bond donors (Lipinski definition) is 0. The molecule has 17 heavy (non-hydrogen) atoms. The molecule has 1 aliphatic heterocycles. The van der Waals surface area contributed by atoms with Gasteiger partial charge in [-0.15, -0.1) is 0 Å². The zero-order valence-electron chi connectivity index (χ0n) is 10.8. The zero-order valence-corrected chi connectivity index (χ0v) is 10.8. The van der Waals surface area contributed by atoms with E-state index in [9.17, 15) is 4.79 Å². The van der Waals surface area contributed by atoms with Crippen molar-refractivity contribution in [2.24, 2.45) is 0 Å². The molecule has 1 aromatic rings.